The normalized spacial score (nSPS) is 11.8. The van der Waals surface area contributed by atoms with E-state index in [4.69, 9.17) is 0 Å². The quantitative estimate of drug-likeness (QED) is 0.680. The van der Waals surface area contributed by atoms with E-state index in [2.05, 4.69) is 5.32 Å². The first-order valence-corrected chi connectivity index (χ1v) is 6.10. The maximum Gasteiger partial charge on any atom is 0.251 e. The second kappa shape index (κ2) is 6.08. The smallest absolute Gasteiger partial charge is 0.251 e. The predicted molar refractivity (Wildman–Crippen MR) is 73.5 cm³/mol. The third-order valence-corrected chi connectivity index (χ3v) is 2.81. The Morgan fingerprint density at radius 1 is 1.05 bits per heavy atom. The van der Waals surface area contributed by atoms with Crippen molar-refractivity contribution in [1.82, 2.24) is 5.32 Å². The van der Waals surface area contributed by atoms with Crippen LogP contribution in [0.3, 0.4) is 0 Å². The third-order valence-electron chi connectivity index (χ3n) is 2.81. The fourth-order valence-electron chi connectivity index (χ4n) is 1.81. The van der Waals surface area contributed by atoms with Gasteiger partial charge in [-0.25, -0.2) is 0 Å². The molecular formula is C15H15NO4. The molecule has 1 amide bonds. The zero-order valence-corrected chi connectivity index (χ0v) is 10.7. The number of phenolic OH excluding ortho intramolecular Hbond substituents is 2. The van der Waals surface area contributed by atoms with Crippen molar-refractivity contribution in [3.63, 3.8) is 0 Å². The molecular weight excluding hydrogens is 258 g/mol. The average Bonchev–Trinajstić information content (AvgIpc) is 2.44. The van der Waals surface area contributed by atoms with Gasteiger partial charge in [-0.05, 0) is 17.7 Å². The number of carbonyl (C=O) groups is 1. The highest BCUT2D eigenvalue weighted by Gasteiger charge is 2.12. The van der Waals surface area contributed by atoms with Crippen LogP contribution in [0.4, 0.5) is 0 Å². The predicted octanol–water partition coefficient (Wildman–Crippen LogP) is 1.56. The summed E-state index contributed by atoms with van der Waals surface area (Å²) in [6, 6.07) is 12.6. The molecule has 5 nitrogen and oxygen atoms in total. The molecule has 2 aromatic rings. The second-order valence-electron chi connectivity index (χ2n) is 4.37. The molecule has 5 heteroatoms. The zero-order valence-electron chi connectivity index (χ0n) is 10.7. The molecule has 0 saturated heterocycles. The van der Waals surface area contributed by atoms with Crippen molar-refractivity contribution >= 4 is 5.91 Å². The lowest BCUT2D eigenvalue weighted by atomic mass is 10.1. The standard InChI is InChI=1S/C15H15NO4/c17-12-6-11(7-13(18)8-12)15(20)16-9-14(19)10-4-2-1-3-5-10/h1-8,14,17-19H,9H2,(H,16,20). The molecule has 0 bridgehead atoms. The Balaban J connectivity index is 1.98. The number of hydrogen-bond acceptors (Lipinski definition) is 4. The summed E-state index contributed by atoms with van der Waals surface area (Å²) in [7, 11) is 0. The number of carbonyl (C=O) groups excluding carboxylic acids is 1. The molecule has 104 valence electrons. The average molecular weight is 273 g/mol. The summed E-state index contributed by atoms with van der Waals surface area (Å²) in [5.41, 5.74) is 0.828. The molecule has 2 aromatic carbocycles. The summed E-state index contributed by atoms with van der Waals surface area (Å²) in [5.74, 6) is -0.872. The summed E-state index contributed by atoms with van der Waals surface area (Å²) >= 11 is 0. The molecule has 0 aliphatic carbocycles. The van der Waals surface area contributed by atoms with Crippen molar-refractivity contribution in [1.29, 1.82) is 0 Å². The van der Waals surface area contributed by atoms with Gasteiger partial charge in [-0.1, -0.05) is 30.3 Å². The van der Waals surface area contributed by atoms with Crippen molar-refractivity contribution < 1.29 is 20.1 Å². The first kappa shape index (κ1) is 13.9. The van der Waals surface area contributed by atoms with Crippen LogP contribution in [0.1, 0.15) is 22.0 Å². The van der Waals surface area contributed by atoms with E-state index < -0.39 is 12.0 Å². The first-order valence-electron chi connectivity index (χ1n) is 6.10. The Bertz CT molecular complexity index is 578. The van der Waals surface area contributed by atoms with Crippen molar-refractivity contribution in [2.75, 3.05) is 6.54 Å². The van der Waals surface area contributed by atoms with E-state index in [0.717, 1.165) is 6.07 Å². The summed E-state index contributed by atoms with van der Waals surface area (Å²) in [5, 5.41) is 31.1. The molecule has 0 radical (unpaired) electrons. The summed E-state index contributed by atoms with van der Waals surface area (Å²) in [6.07, 6.45) is -0.814. The Morgan fingerprint density at radius 3 is 2.25 bits per heavy atom. The highest BCUT2D eigenvalue weighted by atomic mass is 16.3. The number of phenols is 2. The molecule has 1 unspecified atom stereocenters. The molecule has 2 rings (SSSR count). The lowest BCUT2D eigenvalue weighted by molar-refractivity contribution is 0.0915. The summed E-state index contributed by atoms with van der Waals surface area (Å²) in [6.45, 7) is 0.0409. The third kappa shape index (κ3) is 3.49. The molecule has 1 atom stereocenters. The van der Waals surface area contributed by atoms with Gasteiger partial charge in [0.2, 0.25) is 0 Å². The number of hydrogen-bond donors (Lipinski definition) is 4. The number of aromatic hydroxyl groups is 2. The van der Waals surface area contributed by atoms with Gasteiger partial charge in [-0.15, -0.1) is 0 Å². The number of benzene rings is 2. The minimum atomic E-state index is -0.814. The van der Waals surface area contributed by atoms with E-state index in [0.29, 0.717) is 5.56 Å². The molecule has 0 spiro atoms. The van der Waals surface area contributed by atoms with E-state index in [1.807, 2.05) is 6.07 Å². The Hall–Kier alpha value is -2.53. The lowest BCUT2D eigenvalue weighted by Crippen LogP contribution is -2.28. The molecule has 4 N–H and O–H groups in total. The van der Waals surface area contributed by atoms with Crippen LogP contribution >= 0.6 is 0 Å². The van der Waals surface area contributed by atoms with Crippen LogP contribution in [-0.4, -0.2) is 27.8 Å². The van der Waals surface area contributed by atoms with Crippen LogP contribution < -0.4 is 5.32 Å². The van der Waals surface area contributed by atoms with E-state index in [1.54, 1.807) is 24.3 Å². The van der Waals surface area contributed by atoms with E-state index in [-0.39, 0.29) is 23.6 Å². The number of nitrogens with one attached hydrogen (secondary N) is 1. The van der Waals surface area contributed by atoms with Crippen molar-refractivity contribution in [3.8, 4) is 11.5 Å². The fraction of sp³-hybridized carbons (Fsp3) is 0.133. The first-order chi connectivity index (χ1) is 9.56. The van der Waals surface area contributed by atoms with Gasteiger partial charge in [0, 0.05) is 18.2 Å². The summed E-state index contributed by atoms with van der Waals surface area (Å²) in [4.78, 5) is 11.8. The largest absolute Gasteiger partial charge is 0.508 e. The van der Waals surface area contributed by atoms with Gasteiger partial charge in [-0.2, -0.15) is 0 Å². The fourth-order valence-corrected chi connectivity index (χ4v) is 1.81. The molecule has 0 aliphatic heterocycles. The van der Waals surface area contributed by atoms with Crippen LogP contribution in [-0.2, 0) is 0 Å². The molecule has 0 aromatic heterocycles. The van der Waals surface area contributed by atoms with Crippen LogP contribution in [0.25, 0.3) is 0 Å². The van der Waals surface area contributed by atoms with Crippen molar-refractivity contribution in [2.45, 2.75) is 6.10 Å². The number of aliphatic hydroxyl groups excluding tert-OH is 1. The Kier molecular flexibility index (Phi) is 4.22. The highest BCUT2D eigenvalue weighted by Crippen LogP contribution is 2.20. The topological polar surface area (TPSA) is 89.8 Å². The minimum Gasteiger partial charge on any atom is -0.508 e. The minimum absolute atomic E-state index is 0.0409. The SMILES string of the molecule is O=C(NCC(O)c1ccccc1)c1cc(O)cc(O)c1. The molecule has 20 heavy (non-hydrogen) atoms. The summed E-state index contributed by atoms with van der Waals surface area (Å²) < 4.78 is 0. The molecule has 0 saturated carbocycles. The highest BCUT2D eigenvalue weighted by molar-refractivity contribution is 5.95. The Labute approximate surface area is 116 Å². The van der Waals surface area contributed by atoms with Gasteiger partial charge in [0.1, 0.15) is 11.5 Å². The number of rotatable bonds is 4. The zero-order chi connectivity index (χ0) is 14.5. The second-order valence-corrected chi connectivity index (χ2v) is 4.37. The van der Waals surface area contributed by atoms with Gasteiger partial charge >= 0.3 is 0 Å². The number of amides is 1. The van der Waals surface area contributed by atoms with Gasteiger partial charge in [0.25, 0.3) is 5.91 Å². The molecule has 0 fully saturated rings. The van der Waals surface area contributed by atoms with Gasteiger partial charge in [0.15, 0.2) is 0 Å². The van der Waals surface area contributed by atoms with Crippen molar-refractivity contribution in [3.05, 3.63) is 59.7 Å². The van der Waals surface area contributed by atoms with Gasteiger partial charge < -0.3 is 20.6 Å². The van der Waals surface area contributed by atoms with E-state index in [9.17, 15) is 20.1 Å². The number of aliphatic hydroxyl groups is 1. The van der Waals surface area contributed by atoms with Crippen LogP contribution in [0.5, 0.6) is 11.5 Å². The van der Waals surface area contributed by atoms with Gasteiger partial charge in [-0.3, -0.25) is 4.79 Å². The van der Waals surface area contributed by atoms with E-state index in [1.165, 1.54) is 12.1 Å². The van der Waals surface area contributed by atoms with Crippen LogP contribution in [0.15, 0.2) is 48.5 Å². The van der Waals surface area contributed by atoms with Crippen LogP contribution in [0, 0.1) is 0 Å². The maximum absolute atomic E-state index is 11.8. The lowest BCUT2D eigenvalue weighted by Gasteiger charge is -2.12. The van der Waals surface area contributed by atoms with Gasteiger partial charge in [0.05, 0.1) is 6.10 Å². The monoisotopic (exact) mass is 273 g/mol. The molecule has 0 aliphatic rings. The molecule has 0 heterocycles. The Morgan fingerprint density at radius 2 is 1.65 bits per heavy atom. The maximum atomic E-state index is 11.8. The van der Waals surface area contributed by atoms with E-state index >= 15 is 0 Å². The van der Waals surface area contributed by atoms with Crippen molar-refractivity contribution in [2.24, 2.45) is 0 Å². The van der Waals surface area contributed by atoms with Crippen LogP contribution in [0.2, 0.25) is 0 Å².